The molecular weight excluding hydrogens is 371 g/mol. The fourth-order valence-corrected chi connectivity index (χ4v) is 2.81. The van der Waals surface area contributed by atoms with E-state index in [4.69, 9.17) is 16.3 Å². The number of carbonyl (C=O) groups is 1. The number of aromatic nitrogens is 3. The van der Waals surface area contributed by atoms with Crippen LogP contribution in [0.4, 0.5) is 15.9 Å². The Kier molecular flexibility index (Phi) is 4.18. The number of nitrogens with zero attached hydrogens (tertiary/aromatic N) is 3. The lowest BCUT2D eigenvalue weighted by Crippen LogP contribution is -2.02. The van der Waals surface area contributed by atoms with E-state index in [1.165, 1.54) is 31.6 Å². The van der Waals surface area contributed by atoms with Gasteiger partial charge in [0.15, 0.2) is 5.82 Å². The molecule has 0 amide bonds. The maximum Gasteiger partial charge on any atom is 0.346 e. The number of nitrogens with one attached hydrogen (secondary N) is 1. The summed E-state index contributed by atoms with van der Waals surface area (Å²) in [5.41, 5.74) is 1.75. The first-order valence-electron chi connectivity index (χ1n) is 7.74. The molecule has 0 aliphatic heterocycles. The van der Waals surface area contributed by atoms with Gasteiger partial charge in [0.1, 0.15) is 23.2 Å². The molecule has 2 aromatic heterocycles. The lowest BCUT2D eigenvalue weighted by Gasteiger charge is -2.10. The van der Waals surface area contributed by atoms with Crippen LogP contribution in [0.3, 0.4) is 0 Å². The quantitative estimate of drug-likeness (QED) is 0.539. The molecule has 4 aromatic rings. The predicted molar refractivity (Wildman–Crippen MR) is 98.5 cm³/mol. The van der Waals surface area contributed by atoms with E-state index in [0.717, 1.165) is 0 Å². The SMILES string of the molecule is COC(=O)c1c#cc2c(c1)nc(Nc1ccc(F)c(Cl)c1)c1ncncc12. The zero-order valence-corrected chi connectivity index (χ0v) is 14.6. The second-order valence-electron chi connectivity index (χ2n) is 5.56. The van der Waals surface area contributed by atoms with E-state index >= 15 is 0 Å². The smallest absolute Gasteiger partial charge is 0.346 e. The van der Waals surface area contributed by atoms with Gasteiger partial charge in [0, 0.05) is 17.3 Å². The molecule has 1 N–H and O–H groups in total. The number of hydrogen-bond acceptors (Lipinski definition) is 6. The highest BCUT2D eigenvalue weighted by Crippen LogP contribution is 2.29. The number of benzene rings is 1. The van der Waals surface area contributed by atoms with Crippen LogP contribution in [-0.2, 0) is 4.74 Å². The third kappa shape index (κ3) is 3.07. The van der Waals surface area contributed by atoms with Crippen LogP contribution in [0.5, 0.6) is 0 Å². The summed E-state index contributed by atoms with van der Waals surface area (Å²) in [6.45, 7) is 0. The minimum absolute atomic E-state index is 0.0179. The van der Waals surface area contributed by atoms with Gasteiger partial charge in [-0.25, -0.2) is 24.1 Å². The molecule has 0 radical (unpaired) electrons. The summed E-state index contributed by atoms with van der Waals surface area (Å²) in [5.74, 6) is -0.661. The van der Waals surface area contributed by atoms with Crippen LogP contribution in [0.25, 0.3) is 21.8 Å². The van der Waals surface area contributed by atoms with Crippen LogP contribution < -0.4 is 5.32 Å². The Morgan fingerprint density at radius 1 is 1.30 bits per heavy atom. The van der Waals surface area contributed by atoms with E-state index in [9.17, 15) is 9.18 Å². The van der Waals surface area contributed by atoms with Crippen molar-refractivity contribution in [3.63, 3.8) is 0 Å². The lowest BCUT2D eigenvalue weighted by molar-refractivity contribution is 0.0601. The van der Waals surface area contributed by atoms with Crippen molar-refractivity contribution in [3.05, 3.63) is 65.3 Å². The number of ether oxygens (including phenoxy) is 1. The van der Waals surface area contributed by atoms with Gasteiger partial charge >= 0.3 is 5.97 Å². The van der Waals surface area contributed by atoms with Gasteiger partial charge in [-0.05, 0) is 24.3 Å². The van der Waals surface area contributed by atoms with Crippen molar-refractivity contribution in [3.8, 4) is 0 Å². The molecule has 4 rings (SSSR count). The molecule has 0 bridgehead atoms. The number of esters is 1. The van der Waals surface area contributed by atoms with Gasteiger partial charge in [0.05, 0.1) is 23.0 Å². The highest BCUT2D eigenvalue weighted by Gasteiger charge is 2.13. The Morgan fingerprint density at radius 2 is 2.15 bits per heavy atom. The minimum atomic E-state index is -0.542. The summed E-state index contributed by atoms with van der Waals surface area (Å²) in [7, 11) is 1.29. The maximum atomic E-state index is 13.4. The van der Waals surface area contributed by atoms with E-state index < -0.39 is 11.8 Å². The largest absolute Gasteiger partial charge is 0.465 e. The number of rotatable bonds is 3. The van der Waals surface area contributed by atoms with Gasteiger partial charge in [-0.15, -0.1) is 0 Å². The van der Waals surface area contributed by atoms with Crippen molar-refractivity contribution in [2.45, 2.75) is 0 Å². The van der Waals surface area contributed by atoms with Crippen molar-refractivity contribution in [2.24, 2.45) is 0 Å². The zero-order valence-electron chi connectivity index (χ0n) is 13.9. The van der Waals surface area contributed by atoms with Crippen LogP contribution >= 0.6 is 11.6 Å². The van der Waals surface area contributed by atoms with Crippen molar-refractivity contribution in [2.75, 3.05) is 12.4 Å². The first kappa shape index (κ1) is 16.9. The van der Waals surface area contributed by atoms with Gasteiger partial charge in [-0.3, -0.25) is 0 Å². The Bertz CT molecular complexity index is 1200. The third-order valence-electron chi connectivity index (χ3n) is 3.89. The maximum absolute atomic E-state index is 13.4. The standard InChI is InChI=1S/C19H10ClFN4O2/c1-27-19(26)10-2-4-12-13-8-22-9-23-17(13)18(25-16(12)6-10)24-11-3-5-15(21)14(20)7-11/h3,5-9H,1H3,(H,24,25). The molecule has 0 spiro atoms. The van der Waals surface area contributed by atoms with E-state index in [2.05, 4.69) is 32.4 Å². The Hall–Kier alpha value is -3.50. The summed E-state index contributed by atoms with van der Waals surface area (Å²) in [6, 6.07) is 11.5. The first-order valence-corrected chi connectivity index (χ1v) is 8.12. The van der Waals surface area contributed by atoms with E-state index in [1.54, 1.807) is 12.3 Å². The second kappa shape index (κ2) is 6.67. The highest BCUT2D eigenvalue weighted by atomic mass is 35.5. The fourth-order valence-electron chi connectivity index (χ4n) is 2.62. The lowest BCUT2D eigenvalue weighted by atomic mass is 10.1. The summed E-state index contributed by atoms with van der Waals surface area (Å²) >= 11 is 5.84. The van der Waals surface area contributed by atoms with Crippen LogP contribution in [-0.4, -0.2) is 28.0 Å². The molecular formula is C19H10ClFN4O2. The van der Waals surface area contributed by atoms with Crippen molar-refractivity contribution in [1.29, 1.82) is 0 Å². The highest BCUT2D eigenvalue weighted by molar-refractivity contribution is 6.31. The average molecular weight is 381 g/mol. The van der Waals surface area contributed by atoms with E-state index in [-0.39, 0.29) is 10.6 Å². The Morgan fingerprint density at radius 3 is 2.93 bits per heavy atom. The second-order valence-corrected chi connectivity index (χ2v) is 5.97. The van der Waals surface area contributed by atoms with Crippen LogP contribution in [0.1, 0.15) is 10.4 Å². The van der Waals surface area contributed by atoms with Gasteiger partial charge in [-0.2, -0.15) is 0 Å². The molecule has 6 nitrogen and oxygen atoms in total. The van der Waals surface area contributed by atoms with Crippen LogP contribution in [0.15, 0.2) is 36.8 Å². The molecule has 0 unspecified atom stereocenters. The molecule has 8 heteroatoms. The van der Waals surface area contributed by atoms with E-state index in [1.807, 2.05) is 0 Å². The number of hydrogen-bond donors (Lipinski definition) is 1. The van der Waals surface area contributed by atoms with Gasteiger partial charge in [-0.1, -0.05) is 23.7 Å². The third-order valence-corrected chi connectivity index (χ3v) is 4.17. The Balaban J connectivity index is 1.91. The normalized spacial score (nSPS) is 10.6. The summed E-state index contributed by atoms with van der Waals surface area (Å²) < 4.78 is 18.1. The number of fused-ring (bicyclic) bond motifs is 3. The predicted octanol–water partition coefficient (Wildman–Crippen LogP) is 4.10. The summed E-state index contributed by atoms with van der Waals surface area (Å²) in [4.78, 5) is 24.6. The zero-order chi connectivity index (χ0) is 19.0. The molecule has 2 heterocycles. The van der Waals surface area contributed by atoms with Gasteiger partial charge in [0.2, 0.25) is 0 Å². The minimum Gasteiger partial charge on any atom is -0.465 e. The molecule has 0 aliphatic rings. The van der Waals surface area contributed by atoms with Crippen LogP contribution in [0.2, 0.25) is 5.02 Å². The van der Waals surface area contributed by atoms with Gasteiger partial charge < -0.3 is 10.1 Å². The number of carbonyl (C=O) groups excluding carboxylic acids is 1. The molecule has 0 atom stereocenters. The molecule has 132 valence electrons. The van der Waals surface area contributed by atoms with Crippen molar-refractivity contribution >= 4 is 50.9 Å². The molecule has 0 fully saturated rings. The molecule has 0 saturated heterocycles. The Labute approximate surface area is 158 Å². The first-order chi connectivity index (χ1) is 13.1. The molecule has 0 saturated carbocycles. The monoisotopic (exact) mass is 380 g/mol. The summed E-state index contributed by atoms with van der Waals surface area (Å²) in [6.07, 6.45) is 3.02. The molecule has 27 heavy (non-hydrogen) atoms. The number of methoxy groups -OCH3 is 1. The topological polar surface area (TPSA) is 77.0 Å². The summed E-state index contributed by atoms with van der Waals surface area (Å²) in [5, 5.41) is 4.34. The average Bonchev–Trinajstić information content (AvgIpc) is 2.70. The number of anilines is 2. The number of pyridine rings is 1. The number of halogens is 2. The molecule has 0 aliphatic carbocycles. The van der Waals surface area contributed by atoms with Crippen LogP contribution in [0, 0.1) is 17.9 Å². The van der Waals surface area contributed by atoms with Gasteiger partial charge in [0.25, 0.3) is 0 Å². The fraction of sp³-hybridized carbons (Fsp3) is 0.0526. The van der Waals surface area contributed by atoms with Crippen molar-refractivity contribution in [1.82, 2.24) is 15.0 Å². The van der Waals surface area contributed by atoms with Crippen molar-refractivity contribution < 1.29 is 13.9 Å². The van der Waals surface area contributed by atoms with E-state index in [0.29, 0.717) is 33.3 Å². The molecule has 2 aromatic carbocycles.